The van der Waals surface area contributed by atoms with E-state index in [4.69, 9.17) is 4.52 Å². The van der Waals surface area contributed by atoms with Crippen LogP contribution in [0.4, 0.5) is 5.82 Å². The first-order valence-electron chi connectivity index (χ1n) is 7.25. The maximum atomic E-state index is 12.3. The molecule has 6 heteroatoms. The molecule has 0 bridgehead atoms. The first-order chi connectivity index (χ1) is 11.1. The third-order valence-corrected chi connectivity index (χ3v) is 3.76. The molecular weight excluding hydrogens is 292 g/mol. The van der Waals surface area contributed by atoms with Crippen LogP contribution < -0.4 is 5.32 Å². The van der Waals surface area contributed by atoms with Crippen molar-refractivity contribution < 1.29 is 9.32 Å². The van der Waals surface area contributed by atoms with Gasteiger partial charge in [0, 0.05) is 30.2 Å². The van der Waals surface area contributed by atoms with Gasteiger partial charge in [0.05, 0.1) is 6.07 Å². The Balaban J connectivity index is 1.81. The Kier molecular flexibility index (Phi) is 3.85. The Morgan fingerprint density at radius 2 is 2.26 bits per heavy atom. The van der Waals surface area contributed by atoms with E-state index in [2.05, 4.69) is 16.5 Å². The number of hydrogen-bond acceptors (Lipinski definition) is 4. The third kappa shape index (κ3) is 2.94. The van der Waals surface area contributed by atoms with E-state index in [-0.39, 0.29) is 5.91 Å². The second kappa shape index (κ2) is 5.97. The number of amides is 1. The minimum Gasteiger partial charge on any atom is -0.360 e. The van der Waals surface area contributed by atoms with E-state index in [0.717, 1.165) is 16.5 Å². The molecule has 0 fully saturated rings. The van der Waals surface area contributed by atoms with E-state index < -0.39 is 5.92 Å². The SMILES string of the molecule is Cc1cc(NC(=O)[C@@H](C#N)Cc2cn(C)c3ccccc23)no1. The van der Waals surface area contributed by atoms with Crippen molar-refractivity contribution in [1.29, 1.82) is 5.26 Å². The minimum absolute atomic E-state index is 0.325. The highest BCUT2D eigenvalue weighted by molar-refractivity contribution is 5.94. The standard InChI is InChI=1S/C17H16N4O2/c1-11-7-16(20-23-11)19-17(22)12(9-18)8-13-10-21(2)15-6-4-3-5-14(13)15/h3-7,10,12H,8H2,1-2H3,(H,19,20,22)/t12-/m1/s1. The number of nitrogens with zero attached hydrogens (tertiary/aromatic N) is 3. The van der Waals surface area contributed by atoms with Crippen molar-refractivity contribution in [2.75, 3.05) is 5.32 Å². The van der Waals surface area contributed by atoms with E-state index in [1.54, 1.807) is 13.0 Å². The van der Waals surface area contributed by atoms with Crippen LogP contribution in [0.5, 0.6) is 0 Å². The number of carbonyl (C=O) groups excluding carboxylic acids is 1. The number of rotatable bonds is 4. The van der Waals surface area contributed by atoms with E-state index in [9.17, 15) is 10.1 Å². The highest BCUT2D eigenvalue weighted by Crippen LogP contribution is 2.23. The van der Waals surface area contributed by atoms with Crippen LogP contribution in [-0.2, 0) is 18.3 Å². The lowest BCUT2D eigenvalue weighted by Crippen LogP contribution is -2.23. The summed E-state index contributed by atoms with van der Waals surface area (Å²) in [6.07, 6.45) is 2.31. The van der Waals surface area contributed by atoms with Gasteiger partial charge in [-0.2, -0.15) is 5.26 Å². The largest absolute Gasteiger partial charge is 0.360 e. The molecular formula is C17H16N4O2. The number of carbonyl (C=O) groups is 1. The molecule has 116 valence electrons. The lowest BCUT2D eigenvalue weighted by atomic mass is 9.99. The first-order valence-corrected chi connectivity index (χ1v) is 7.25. The molecule has 0 saturated heterocycles. The third-order valence-electron chi connectivity index (χ3n) is 3.76. The van der Waals surface area contributed by atoms with Crippen molar-refractivity contribution in [1.82, 2.24) is 9.72 Å². The maximum absolute atomic E-state index is 12.3. The molecule has 6 nitrogen and oxygen atoms in total. The zero-order valence-electron chi connectivity index (χ0n) is 12.9. The van der Waals surface area contributed by atoms with E-state index >= 15 is 0 Å². The van der Waals surface area contributed by atoms with Crippen LogP contribution in [-0.4, -0.2) is 15.6 Å². The van der Waals surface area contributed by atoms with Crippen molar-refractivity contribution in [3.63, 3.8) is 0 Å². The van der Waals surface area contributed by atoms with Gasteiger partial charge in [-0.15, -0.1) is 0 Å². The van der Waals surface area contributed by atoms with Gasteiger partial charge >= 0.3 is 0 Å². The molecule has 1 aromatic carbocycles. The molecule has 0 spiro atoms. The summed E-state index contributed by atoms with van der Waals surface area (Å²) in [6, 6.07) is 11.6. The topological polar surface area (TPSA) is 83.9 Å². The van der Waals surface area contributed by atoms with Gasteiger partial charge in [-0.05, 0) is 25.0 Å². The van der Waals surface area contributed by atoms with Crippen molar-refractivity contribution in [3.8, 4) is 6.07 Å². The summed E-state index contributed by atoms with van der Waals surface area (Å²) in [5.41, 5.74) is 2.05. The smallest absolute Gasteiger partial charge is 0.243 e. The van der Waals surface area contributed by atoms with Crippen LogP contribution in [0.15, 0.2) is 41.1 Å². The Bertz CT molecular complexity index is 901. The summed E-state index contributed by atoms with van der Waals surface area (Å²) < 4.78 is 6.91. The van der Waals surface area contributed by atoms with Crippen molar-refractivity contribution in [2.45, 2.75) is 13.3 Å². The van der Waals surface area contributed by atoms with Gasteiger partial charge in [-0.1, -0.05) is 23.4 Å². The number of nitriles is 1. The fourth-order valence-electron chi connectivity index (χ4n) is 2.64. The highest BCUT2D eigenvalue weighted by atomic mass is 16.5. The number of nitrogens with one attached hydrogen (secondary N) is 1. The van der Waals surface area contributed by atoms with Crippen LogP contribution in [0.1, 0.15) is 11.3 Å². The molecule has 0 aliphatic rings. The summed E-state index contributed by atoms with van der Waals surface area (Å²) in [7, 11) is 1.95. The second-order valence-corrected chi connectivity index (χ2v) is 5.48. The Hall–Kier alpha value is -3.07. The molecule has 1 atom stereocenters. The maximum Gasteiger partial charge on any atom is 0.243 e. The average molecular weight is 308 g/mol. The van der Waals surface area contributed by atoms with Gasteiger partial charge in [0.25, 0.3) is 0 Å². The monoisotopic (exact) mass is 308 g/mol. The van der Waals surface area contributed by atoms with E-state index in [0.29, 0.717) is 18.0 Å². The summed E-state index contributed by atoms with van der Waals surface area (Å²) in [5, 5.41) is 16.7. The zero-order valence-corrected chi connectivity index (χ0v) is 12.9. The van der Waals surface area contributed by atoms with Gasteiger partial charge < -0.3 is 14.4 Å². The van der Waals surface area contributed by atoms with Crippen LogP contribution in [0.2, 0.25) is 0 Å². The Morgan fingerprint density at radius 3 is 2.96 bits per heavy atom. The first kappa shape index (κ1) is 14.9. The van der Waals surface area contributed by atoms with Gasteiger partial charge in [0.15, 0.2) is 5.82 Å². The second-order valence-electron chi connectivity index (χ2n) is 5.48. The molecule has 3 rings (SSSR count). The molecule has 2 heterocycles. The zero-order chi connectivity index (χ0) is 16.4. The number of anilines is 1. The molecule has 2 aromatic heterocycles. The van der Waals surface area contributed by atoms with Crippen molar-refractivity contribution in [2.24, 2.45) is 13.0 Å². The number of benzene rings is 1. The van der Waals surface area contributed by atoms with Crippen LogP contribution in [0, 0.1) is 24.2 Å². The number of fused-ring (bicyclic) bond motifs is 1. The Labute approximate surface area is 133 Å². The van der Waals surface area contributed by atoms with Gasteiger partial charge in [-0.3, -0.25) is 4.79 Å². The highest BCUT2D eigenvalue weighted by Gasteiger charge is 2.21. The van der Waals surface area contributed by atoms with E-state index in [1.807, 2.05) is 42.1 Å². The molecule has 0 aliphatic carbocycles. The number of aromatic nitrogens is 2. The molecule has 23 heavy (non-hydrogen) atoms. The van der Waals surface area contributed by atoms with Crippen LogP contribution in [0.3, 0.4) is 0 Å². The predicted molar refractivity (Wildman–Crippen MR) is 85.6 cm³/mol. The predicted octanol–water partition coefficient (Wildman–Crippen LogP) is 2.80. The summed E-state index contributed by atoms with van der Waals surface area (Å²) in [4.78, 5) is 12.3. The van der Waals surface area contributed by atoms with Gasteiger partial charge in [0.2, 0.25) is 5.91 Å². The summed E-state index contributed by atoms with van der Waals surface area (Å²) in [5.74, 6) is -0.250. The number of para-hydroxylation sites is 1. The molecule has 0 unspecified atom stereocenters. The molecule has 3 aromatic rings. The molecule has 1 amide bonds. The molecule has 1 N–H and O–H groups in total. The number of aryl methyl sites for hydroxylation is 2. The summed E-state index contributed by atoms with van der Waals surface area (Å²) in [6.45, 7) is 1.74. The molecule has 0 saturated carbocycles. The fourth-order valence-corrected chi connectivity index (χ4v) is 2.64. The number of hydrogen-bond donors (Lipinski definition) is 1. The Morgan fingerprint density at radius 1 is 1.48 bits per heavy atom. The lowest BCUT2D eigenvalue weighted by Gasteiger charge is -2.07. The molecule has 0 aliphatic heterocycles. The fraction of sp³-hybridized carbons (Fsp3) is 0.235. The minimum atomic E-state index is -0.794. The van der Waals surface area contributed by atoms with Crippen molar-refractivity contribution >= 4 is 22.6 Å². The quantitative estimate of drug-likeness (QED) is 0.803. The lowest BCUT2D eigenvalue weighted by molar-refractivity contribution is -0.118. The van der Waals surface area contributed by atoms with Crippen LogP contribution >= 0.6 is 0 Å². The molecule has 0 radical (unpaired) electrons. The average Bonchev–Trinajstić information content (AvgIpc) is 3.09. The van der Waals surface area contributed by atoms with Gasteiger partial charge in [-0.25, -0.2) is 0 Å². The summed E-state index contributed by atoms with van der Waals surface area (Å²) >= 11 is 0. The van der Waals surface area contributed by atoms with Gasteiger partial charge in [0.1, 0.15) is 11.7 Å². The normalized spacial score (nSPS) is 12.0. The van der Waals surface area contributed by atoms with E-state index in [1.165, 1.54) is 0 Å². The van der Waals surface area contributed by atoms with Crippen molar-refractivity contribution in [3.05, 3.63) is 47.9 Å². The van der Waals surface area contributed by atoms with Crippen LogP contribution in [0.25, 0.3) is 10.9 Å².